The van der Waals surface area contributed by atoms with E-state index in [1.54, 1.807) is 24.1 Å². The second kappa shape index (κ2) is 8.43. The predicted octanol–water partition coefficient (Wildman–Crippen LogP) is 2.16. The van der Waals surface area contributed by atoms with Crippen molar-refractivity contribution in [2.45, 2.75) is 44.2 Å². The number of aromatic nitrogens is 1. The van der Waals surface area contributed by atoms with Crippen LogP contribution in [0, 0.1) is 5.82 Å². The maximum Gasteiger partial charge on any atom is 0.257 e. The van der Waals surface area contributed by atoms with Gasteiger partial charge in [-0.25, -0.2) is 4.39 Å². The fourth-order valence-corrected chi connectivity index (χ4v) is 4.39. The van der Waals surface area contributed by atoms with Gasteiger partial charge in [0.05, 0.1) is 30.0 Å². The number of hydrogen-bond acceptors (Lipinski definition) is 5. The SMILES string of the molecule is CCc1ccc(Nc2cc(=O)n(C)cc2C(=O)N2CC(O)(C3CCCCN3)C2)c(F)c1. The van der Waals surface area contributed by atoms with Crippen molar-refractivity contribution in [3.05, 3.63) is 57.8 Å². The number of pyridine rings is 1. The molecule has 0 aliphatic carbocycles. The van der Waals surface area contributed by atoms with Gasteiger partial charge in [-0.1, -0.05) is 19.4 Å². The van der Waals surface area contributed by atoms with E-state index in [9.17, 15) is 19.1 Å². The van der Waals surface area contributed by atoms with Crippen LogP contribution in [0.4, 0.5) is 15.8 Å². The molecule has 1 aromatic carbocycles. The molecule has 0 bridgehead atoms. The third kappa shape index (κ3) is 4.22. The fourth-order valence-electron chi connectivity index (χ4n) is 4.39. The molecule has 8 heteroatoms. The molecular weight excluding hydrogens is 399 g/mol. The van der Waals surface area contributed by atoms with Gasteiger partial charge in [0.15, 0.2) is 0 Å². The Morgan fingerprint density at radius 2 is 2.06 bits per heavy atom. The normalized spacial score (nSPS) is 20.3. The van der Waals surface area contributed by atoms with E-state index in [0.29, 0.717) is 6.42 Å². The molecule has 0 radical (unpaired) electrons. The lowest BCUT2D eigenvalue weighted by Crippen LogP contribution is -2.72. The first-order valence-corrected chi connectivity index (χ1v) is 10.8. The summed E-state index contributed by atoms with van der Waals surface area (Å²) < 4.78 is 15.8. The lowest BCUT2D eigenvalue weighted by molar-refractivity contribution is -0.108. The lowest BCUT2D eigenvalue weighted by atomic mass is 9.81. The molecule has 3 N–H and O–H groups in total. The first-order chi connectivity index (χ1) is 14.8. The molecule has 2 aliphatic rings. The van der Waals surface area contributed by atoms with Gasteiger partial charge in [0.1, 0.15) is 11.4 Å². The number of anilines is 2. The third-order valence-corrected chi connectivity index (χ3v) is 6.35. The summed E-state index contributed by atoms with van der Waals surface area (Å²) in [4.78, 5) is 27.0. The average Bonchev–Trinajstić information content (AvgIpc) is 2.75. The summed E-state index contributed by atoms with van der Waals surface area (Å²) >= 11 is 0. The van der Waals surface area contributed by atoms with Gasteiger partial charge in [-0.05, 0) is 43.5 Å². The first kappa shape index (κ1) is 21.5. The van der Waals surface area contributed by atoms with Crippen molar-refractivity contribution in [1.82, 2.24) is 14.8 Å². The van der Waals surface area contributed by atoms with Crippen molar-refractivity contribution in [3.63, 3.8) is 0 Å². The fraction of sp³-hybridized carbons (Fsp3) is 0.478. The van der Waals surface area contributed by atoms with Gasteiger partial charge < -0.3 is 25.2 Å². The molecular formula is C23H29FN4O3. The van der Waals surface area contributed by atoms with Crippen molar-refractivity contribution in [2.24, 2.45) is 7.05 Å². The maximum atomic E-state index is 14.5. The van der Waals surface area contributed by atoms with Gasteiger partial charge in [0, 0.05) is 25.4 Å². The highest BCUT2D eigenvalue weighted by Gasteiger charge is 2.49. The largest absolute Gasteiger partial charge is 0.385 e. The predicted molar refractivity (Wildman–Crippen MR) is 117 cm³/mol. The molecule has 0 saturated carbocycles. The van der Waals surface area contributed by atoms with Gasteiger partial charge in [-0.15, -0.1) is 0 Å². The van der Waals surface area contributed by atoms with Gasteiger partial charge >= 0.3 is 0 Å². The summed E-state index contributed by atoms with van der Waals surface area (Å²) in [5.74, 6) is -0.746. The van der Waals surface area contributed by atoms with Crippen molar-refractivity contribution >= 4 is 17.3 Å². The number of hydrogen-bond donors (Lipinski definition) is 3. The number of halogens is 1. The van der Waals surface area contributed by atoms with Crippen molar-refractivity contribution in [2.75, 3.05) is 25.0 Å². The lowest BCUT2D eigenvalue weighted by Gasteiger charge is -2.51. The Kier molecular flexibility index (Phi) is 5.85. The molecule has 1 atom stereocenters. The van der Waals surface area contributed by atoms with Crippen LogP contribution >= 0.6 is 0 Å². The number of nitrogens with zero attached hydrogens (tertiary/aromatic N) is 2. The smallest absolute Gasteiger partial charge is 0.257 e. The van der Waals surface area contributed by atoms with Gasteiger partial charge in [0.2, 0.25) is 0 Å². The molecule has 2 aliphatic heterocycles. The summed E-state index contributed by atoms with van der Waals surface area (Å²) in [6, 6.07) is 6.14. The highest BCUT2D eigenvalue weighted by Crippen LogP contribution is 2.32. The average molecular weight is 429 g/mol. The maximum absolute atomic E-state index is 14.5. The molecule has 1 aromatic heterocycles. The summed E-state index contributed by atoms with van der Waals surface area (Å²) in [7, 11) is 1.57. The van der Waals surface area contributed by atoms with Crippen LogP contribution < -0.4 is 16.2 Å². The molecule has 31 heavy (non-hydrogen) atoms. The van der Waals surface area contributed by atoms with E-state index in [4.69, 9.17) is 0 Å². The van der Waals surface area contributed by atoms with E-state index in [-0.39, 0.29) is 47.5 Å². The first-order valence-electron chi connectivity index (χ1n) is 10.8. The number of rotatable bonds is 5. The summed E-state index contributed by atoms with van der Waals surface area (Å²) in [5.41, 5.74) is 0.329. The van der Waals surface area contributed by atoms with E-state index in [1.807, 2.05) is 6.92 Å². The van der Waals surface area contributed by atoms with Crippen LogP contribution in [0.3, 0.4) is 0 Å². The number of β-amino-alcohol motifs (C(OH)–C–C–N with tert-alkyl or cyclic N) is 1. The molecule has 2 fully saturated rings. The van der Waals surface area contributed by atoms with Crippen LogP contribution in [-0.4, -0.2) is 51.8 Å². The monoisotopic (exact) mass is 428 g/mol. The highest BCUT2D eigenvalue weighted by molar-refractivity contribution is 6.00. The number of nitrogens with one attached hydrogen (secondary N) is 2. The number of aryl methyl sites for hydroxylation is 2. The molecule has 2 saturated heterocycles. The van der Waals surface area contributed by atoms with Crippen LogP contribution in [0.15, 0.2) is 35.3 Å². The minimum atomic E-state index is -0.938. The van der Waals surface area contributed by atoms with Crippen LogP contribution in [-0.2, 0) is 13.5 Å². The molecule has 2 aromatic rings. The Morgan fingerprint density at radius 1 is 1.29 bits per heavy atom. The quantitative estimate of drug-likeness (QED) is 0.680. The zero-order valence-electron chi connectivity index (χ0n) is 17.9. The van der Waals surface area contributed by atoms with Crippen molar-refractivity contribution in [1.29, 1.82) is 0 Å². The zero-order chi connectivity index (χ0) is 22.2. The Balaban J connectivity index is 1.56. The van der Waals surface area contributed by atoms with Crippen LogP contribution in [0.5, 0.6) is 0 Å². The zero-order valence-corrected chi connectivity index (χ0v) is 17.9. The van der Waals surface area contributed by atoms with E-state index < -0.39 is 11.4 Å². The van der Waals surface area contributed by atoms with Crippen LogP contribution in [0.2, 0.25) is 0 Å². The van der Waals surface area contributed by atoms with E-state index in [1.165, 1.54) is 22.9 Å². The van der Waals surface area contributed by atoms with Crippen molar-refractivity contribution < 1.29 is 14.3 Å². The summed E-state index contributed by atoms with van der Waals surface area (Å²) in [6.45, 7) is 3.27. The van der Waals surface area contributed by atoms with E-state index in [0.717, 1.165) is 31.4 Å². The van der Waals surface area contributed by atoms with Crippen molar-refractivity contribution in [3.8, 4) is 0 Å². The molecule has 0 spiro atoms. The van der Waals surface area contributed by atoms with E-state index in [2.05, 4.69) is 10.6 Å². The Morgan fingerprint density at radius 3 is 2.71 bits per heavy atom. The molecule has 1 unspecified atom stereocenters. The number of piperidine rings is 1. The van der Waals surface area contributed by atoms with Gasteiger partial charge in [0.25, 0.3) is 11.5 Å². The van der Waals surface area contributed by atoms with Crippen LogP contribution in [0.1, 0.15) is 42.1 Å². The minimum Gasteiger partial charge on any atom is -0.385 e. The second-order valence-electron chi connectivity index (χ2n) is 8.61. The molecule has 166 valence electrons. The van der Waals surface area contributed by atoms with Gasteiger partial charge in [-0.3, -0.25) is 9.59 Å². The Hall–Kier alpha value is -2.71. The number of amides is 1. The number of benzene rings is 1. The van der Waals surface area contributed by atoms with Crippen LogP contribution in [0.25, 0.3) is 0 Å². The standard InChI is InChI=1S/C23H29FN4O3/c1-3-15-7-8-18(17(24)10-15)26-19-11-21(29)27(2)12-16(19)22(30)28-13-23(31,14-28)20-6-4-5-9-25-20/h7-8,10-12,20,25-26,31H,3-6,9,13-14H2,1-2H3. The molecule has 7 nitrogen and oxygen atoms in total. The number of carbonyl (C=O) groups excluding carboxylic acids is 1. The highest BCUT2D eigenvalue weighted by atomic mass is 19.1. The third-order valence-electron chi connectivity index (χ3n) is 6.35. The Labute approximate surface area is 180 Å². The van der Waals surface area contributed by atoms with Gasteiger partial charge in [-0.2, -0.15) is 0 Å². The summed E-state index contributed by atoms with van der Waals surface area (Å²) in [6.07, 6.45) is 5.21. The number of aliphatic hydroxyl groups is 1. The van der Waals surface area contributed by atoms with E-state index >= 15 is 0 Å². The molecule has 1 amide bonds. The number of likely N-dealkylation sites (tertiary alicyclic amines) is 1. The molecule has 3 heterocycles. The minimum absolute atomic E-state index is 0.0193. The Bertz CT molecular complexity index is 1040. The molecule has 4 rings (SSSR count). The topological polar surface area (TPSA) is 86.6 Å². The number of carbonyl (C=O) groups is 1. The second-order valence-corrected chi connectivity index (χ2v) is 8.61. The summed E-state index contributed by atoms with van der Waals surface area (Å²) in [5, 5.41) is 17.2.